The van der Waals surface area contributed by atoms with Crippen LogP contribution < -0.4 is 5.32 Å². The lowest BCUT2D eigenvalue weighted by atomic mass is 10.2. The van der Waals surface area contributed by atoms with Crippen LogP contribution in [0, 0.1) is 12.3 Å². The van der Waals surface area contributed by atoms with Gasteiger partial charge in [0.05, 0.1) is 6.04 Å². The molecule has 16 heavy (non-hydrogen) atoms. The predicted molar refractivity (Wildman–Crippen MR) is 64.6 cm³/mol. The second-order valence-corrected chi connectivity index (χ2v) is 3.88. The lowest BCUT2D eigenvalue weighted by Crippen LogP contribution is -2.33. The number of nitrogens with one attached hydrogen (secondary N) is 1. The van der Waals surface area contributed by atoms with Crippen LogP contribution in [0.2, 0.25) is 10.3 Å². The molecule has 0 aliphatic heterocycles. The molecule has 5 heteroatoms. The third kappa shape index (κ3) is 3.41. The van der Waals surface area contributed by atoms with Crippen LogP contribution in [0.4, 0.5) is 0 Å². The molecule has 0 aliphatic rings. The summed E-state index contributed by atoms with van der Waals surface area (Å²) in [6.07, 6.45) is 5.90. The number of hydrogen-bond acceptors (Lipinski definition) is 2. The van der Waals surface area contributed by atoms with Crippen molar-refractivity contribution < 1.29 is 4.79 Å². The monoisotopic (exact) mass is 256 g/mol. The maximum atomic E-state index is 11.7. The van der Waals surface area contributed by atoms with E-state index in [4.69, 9.17) is 29.6 Å². The molecule has 1 heterocycles. The summed E-state index contributed by atoms with van der Waals surface area (Å²) < 4.78 is 0. The number of carbonyl (C=O) groups is 1. The molecule has 1 aromatic heterocycles. The van der Waals surface area contributed by atoms with Gasteiger partial charge in [-0.25, -0.2) is 4.98 Å². The molecular formula is C11H10Cl2N2O. The second kappa shape index (κ2) is 5.74. The average Bonchev–Trinajstić information content (AvgIpc) is 2.24. The number of hydrogen-bond donors (Lipinski definition) is 1. The highest BCUT2D eigenvalue weighted by atomic mass is 35.5. The third-order valence-electron chi connectivity index (χ3n) is 1.94. The van der Waals surface area contributed by atoms with Crippen molar-refractivity contribution in [1.29, 1.82) is 0 Å². The van der Waals surface area contributed by atoms with Crippen molar-refractivity contribution in [2.75, 3.05) is 0 Å². The molecule has 0 aliphatic carbocycles. The number of aromatic nitrogens is 1. The highest BCUT2D eigenvalue weighted by Gasteiger charge is 2.11. The Labute approximate surface area is 104 Å². The molecule has 0 fully saturated rings. The summed E-state index contributed by atoms with van der Waals surface area (Å²) in [5.74, 6) is 2.16. The maximum absolute atomic E-state index is 11.7. The van der Waals surface area contributed by atoms with Gasteiger partial charge in [-0.05, 0) is 18.6 Å². The fourth-order valence-corrected chi connectivity index (χ4v) is 1.56. The van der Waals surface area contributed by atoms with Crippen molar-refractivity contribution in [3.8, 4) is 12.3 Å². The summed E-state index contributed by atoms with van der Waals surface area (Å²) in [4.78, 5) is 15.5. The number of rotatable bonds is 3. The van der Waals surface area contributed by atoms with Gasteiger partial charge in [0.25, 0.3) is 5.91 Å². The van der Waals surface area contributed by atoms with Gasteiger partial charge in [-0.3, -0.25) is 4.79 Å². The number of halogens is 2. The number of terminal acetylenes is 1. The Bertz CT molecular complexity index is 420. The summed E-state index contributed by atoms with van der Waals surface area (Å²) in [5.41, 5.74) is 0.346. The van der Waals surface area contributed by atoms with E-state index in [-0.39, 0.29) is 22.3 Å². The van der Waals surface area contributed by atoms with Crippen molar-refractivity contribution in [3.63, 3.8) is 0 Å². The van der Waals surface area contributed by atoms with Gasteiger partial charge < -0.3 is 5.32 Å². The van der Waals surface area contributed by atoms with Crippen molar-refractivity contribution in [2.45, 2.75) is 19.4 Å². The Morgan fingerprint density at radius 1 is 1.56 bits per heavy atom. The highest BCUT2D eigenvalue weighted by molar-refractivity contribution is 6.33. The largest absolute Gasteiger partial charge is 0.338 e. The van der Waals surface area contributed by atoms with Gasteiger partial charge in [0.2, 0.25) is 0 Å². The molecule has 1 atom stereocenters. The minimum atomic E-state index is -0.309. The van der Waals surface area contributed by atoms with E-state index in [1.54, 1.807) is 0 Å². The normalized spacial score (nSPS) is 11.6. The number of pyridine rings is 1. The van der Waals surface area contributed by atoms with Gasteiger partial charge in [-0.15, -0.1) is 6.42 Å². The van der Waals surface area contributed by atoms with Crippen LogP contribution in [0.5, 0.6) is 0 Å². The Morgan fingerprint density at radius 2 is 2.12 bits per heavy atom. The molecule has 1 unspecified atom stereocenters. The molecule has 0 spiro atoms. The zero-order chi connectivity index (χ0) is 12.1. The van der Waals surface area contributed by atoms with Crippen LogP contribution in [0.25, 0.3) is 0 Å². The first-order valence-electron chi connectivity index (χ1n) is 4.67. The number of carbonyl (C=O) groups excluding carboxylic acids is 1. The Hall–Kier alpha value is -1.24. The van der Waals surface area contributed by atoms with E-state index in [1.807, 2.05) is 6.92 Å². The smallest absolute Gasteiger partial charge is 0.252 e. The third-order valence-corrected chi connectivity index (χ3v) is 2.33. The van der Waals surface area contributed by atoms with Crippen LogP contribution in [0.1, 0.15) is 23.7 Å². The van der Waals surface area contributed by atoms with Gasteiger partial charge in [0.1, 0.15) is 10.3 Å². The fourth-order valence-electron chi connectivity index (χ4n) is 1.10. The molecule has 0 saturated carbocycles. The first kappa shape index (κ1) is 12.8. The summed E-state index contributed by atoms with van der Waals surface area (Å²) in [5, 5.41) is 3.01. The lowest BCUT2D eigenvalue weighted by molar-refractivity contribution is 0.0945. The fraction of sp³-hybridized carbons (Fsp3) is 0.273. The van der Waals surface area contributed by atoms with Crippen LogP contribution in [-0.4, -0.2) is 16.9 Å². The van der Waals surface area contributed by atoms with E-state index < -0.39 is 0 Å². The molecule has 0 saturated heterocycles. The van der Waals surface area contributed by atoms with Crippen LogP contribution >= 0.6 is 23.2 Å². The molecule has 3 nitrogen and oxygen atoms in total. The van der Waals surface area contributed by atoms with Crippen molar-refractivity contribution >= 4 is 29.1 Å². The lowest BCUT2D eigenvalue weighted by Gasteiger charge is -2.10. The summed E-state index contributed by atoms with van der Waals surface area (Å²) >= 11 is 11.4. The van der Waals surface area contributed by atoms with Gasteiger partial charge in [0.15, 0.2) is 0 Å². The van der Waals surface area contributed by atoms with E-state index in [0.717, 1.165) is 0 Å². The first-order valence-corrected chi connectivity index (χ1v) is 5.42. The van der Waals surface area contributed by atoms with Crippen LogP contribution in [0.3, 0.4) is 0 Å². The van der Waals surface area contributed by atoms with Crippen molar-refractivity contribution in [2.24, 2.45) is 0 Å². The zero-order valence-electron chi connectivity index (χ0n) is 8.63. The summed E-state index contributed by atoms with van der Waals surface area (Å²) in [6.45, 7) is 1.89. The van der Waals surface area contributed by atoms with E-state index in [2.05, 4.69) is 16.2 Å². The van der Waals surface area contributed by atoms with E-state index >= 15 is 0 Å². The van der Waals surface area contributed by atoms with Gasteiger partial charge in [-0.2, -0.15) is 0 Å². The summed E-state index contributed by atoms with van der Waals surface area (Å²) in [6, 6.07) is 2.58. The van der Waals surface area contributed by atoms with Crippen molar-refractivity contribution in [3.05, 3.63) is 28.0 Å². The number of amides is 1. The average molecular weight is 257 g/mol. The minimum absolute atomic E-state index is 0.173. The van der Waals surface area contributed by atoms with Crippen LogP contribution in [-0.2, 0) is 0 Å². The molecule has 1 aromatic rings. The van der Waals surface area contributed by atoms with E-state index in [1.165, 1.54) is 12.1 Å². The SMILES string of the molecule is C#CC(CC)NC(=O)c1cc(Cl)nc(Cl)c1. The highest BCUT2D eigenvalue weighted by Crippen LogP contribution is 2.14. The molecule has 0 bridgehead atoms. The van der Waals surface area contributed by atoms with Crippen molar-refractivity contribution in [1.82, 2.24) is 10.3 Å². The molecule has 1 N–H and O–H groups in total. The summed E-state index contributed by atoms with van der Waals surface area (Å²) in [7, 11) is 0. The Balaban J connectivity index is 2.85. The Kier molecular flexibility index (Phi) is 4.60. The van der Waals surface area contributed by atoms with Crippen LogP contribution in [0.15, 0.2) is 12.1 Å². The standard InChI is InChI=1S/C11H10Cl2N2O/c1-3-8(4-2)14-11(16)7-5-9(12)15-10(13)6-7/h1,5-6,8H,4H2,2H3,(H,14,16). The van der Waals surface area contributed by atoms with Gasteiger partial charge in [0, 0.05) is 5.56 Å². The molecular weight excluding hydrogens is 247 g/mol. The van der Waals surface area contributed by atoms with Gasteiger partial charge in [-0.1, -0.05) is 36.0 Å². The predicted octanol–water partition coefficient (Wildman–Crippen LogP) is 2.53. The maximum Gasteiger partial charge on any atom is 0.252 e. The minimum Gasteiger partial charge on any atom is -0.338 e. The molecule has 0 aromatic carbocycles. The topological polar surface area (TPSA) is 42.0 Å². The van der Waals surface area contributed by atoms with E-state index in [0.29, 0.717) is 12.0 Å². The van der Waals surface area contributed by atoms with Gasteiger partial charge >= 0.3 is 0 Å². The van der Waals surface area contributed by atoms with E-state index in [9.17, 15) is 4.79 Å². The molecule has 84 valence electrons. The number of nitrogens with zero attached hydrogens (tertiary/aromatic N) is 1. The Morgan fingerprint density at radius 3 is 2.56 bits per heavy atom. The quantitative estimate of drug-likeness (QED) is 0.667. The molecule has 1 amide bonds. The molecule has 0 radical (unpaired) electrons. The first-order chi connectivity index (χ1) is 7.56. The molecule has 1 rings (SSSR count). The zero-order valence-corrected chi connectivity index (χ0v) is 10.1. The second-order valence-electron chi connectivity index (χ2n) is 3.10.